The number of hydrogen-bond donors (Lipinski definition) is 0. The third-order valence-corrected chi connectivity index (χ3v) is 6.54. The number of rotatable bonds is 18. The summed E-state index contributed by atoms with van der Waals surface area (Å²) in [6.45, 7) is 11.1. The van der Waals surface area contributed by atoms with Gasteiger partial charge in [0.25, 0.3) is 0 Å². The molecule has 0 radical (unpaired) electrons. The maximum atomic E-state index is 2.76. The van der Waals surface area contributed by atoms with Gasteiger partial charge in [-0.1, -0.05) is 104 Å². The standard InChI is InChI=1S/C25H52N2/c1-4-6-8-10-12-13-15-17-19-25(18-16-14-11-9-7-5-2)24-27-22-20-26(3)21-23-27/h25H,4-24H2,1-3H3. The van der Waals surface area contributed by atoms with E-state index in [9.17, 15) is 0 Å². The summed E-state index contributed by atoms with van der Waals surface area (Å²) in [5.74, 6) is 0.958. The highest BCUT2D eigenvalue weighted by Gasteiger charge is 2.18. The van der Waals surface area contributed by atoms with Gasteiger partial charge in [-0.05, 0) is 25.8 Å². The van der Waals surface area contributed by atoms with E-state index in [1.54, 1.807) is 0 Å². The van der Waals surface area contributed by atoms with Crippen molar-refractivity contribution in [1.29, 1.82) is 0 Å². The molecule has 1 rings (SSSR count). The summed E-state index contributed by atoms with van der Waals surface area (Å²) in [7, 11) is 2.27. The third kappa shape index (κ3) is 14.6. The topological polar surface area (TPSA) is 6.48 Å². The molecule has 1 aliphatic rings. The van der Waals surface area contributed by atoms with Crippen LogP contribution in [0.15, 0.2) is 0 Å². The quantitative estimate of drug-likeness (QED) is 0.233. The molecule has 0 bridgehead atoms. The Labute approximate surface area is 172 Å². The predicted octanol–water partition coefficient (Wildman–Crippen LogP) is 7.13. The van der Waals surface area contributed by atoms with Gasteiger partial charge in [0, 0.05) is 32.7 Å². The molecule has 27 heavy (non-hydrogen) atoms. The van der Waals surface area contributed by atoms with Crippen LogP contribution in [0.1, 0.15) is 117 Å². The van der Waals surface area contributed by atoms with Crippen molar-refractivity contribution in [3.8, 4) is 0 Å². The van der Waals surface area contributed by atoms with Crippen LogP contribution in [0.2, 0.25) is 0 Å². The summed E-state index contributed by atoms with van der Waals surface area (Å²) in [6.07, 6.45) is 23.3. The van der Waals surface area contributed by atoms with Gasteiger partial charge in [0.15, 0.2) is 0 Å². The maximum Gasteiger partial charge on any atom is 0.0110 e. The lowest BCUT2D eigenvalue weighted by Crippen LogP contribution is -2.46. The number of nitrogens with zero attached hydrogens (tertiary/aromatic N) is 2. The second-order valence-electron chi connectivity index (χ2n) is 9.29. The fraction of sp³-hybridized carbons (Fsp3) is 1.00. The Morgan fingerprint density at radius 2 is 0.963 bits per heavy atom. The van der Waals surface area contributed by atoms with Crippen LogP contribution >= 0.6 is 0 Å². The molecule has 1 unspecified atom stereocenters. The first-order valence-corrected chi connectivity index (χ1v) is 12.7. The van der Waals surface area contributed by atoms with E-state index in [2.05, 4.69) is 30.7 Å². The lowest BCUT2D eigenvalue weighted by Gasteiger charge is -2.34. The van der Waals surface area contributed by atoms with Crippen molar-refractivity contribution in [3.05, 3.63) is 0 Å². The minimum absolute atomic E-state index is 0.958. The minimum Gasteiger partial charge on any atom is -0.304 e. The molecule has 0 aromatic rings. The normalized spacial score (nSPS) is 17.4. The van der Waals surface area contributed by atoms with E-state index < -0.39 is 0 Å². The average Bonchev–Trinajstić information content (AvgIpc) is 2.68. The Kier molecular flexibility index (Phi) is 16.6. The molecule has 0 N–H and O–H groups in total. The van der Waals surface area contributed by atoms with E-state index in [0.29, 0.717) is 0 Å². The molecule has 1 aliphatic heterocycles. The van der Waals surface area contributed by atoms with Gasteiger partial charge in [0.05, 0.1) is 0 Å². The first-order chi connectivity index (χ1) is 13.3. The molecule has 162 valence electrons. The Bertz CT molecular complexity index is 297. The van der Waals surface area contributed by atoms with Gasteiger partial charge >= 0.3 is 0 Å². The highest BCUT2D eigenvalue weighted by atomic mass is 15.2. The van der Waals surface area contributed by atoms with Crippen LogP contribution in [0.3, 0.4) is 0 Å². The molecule has 2 heteroatoms. The number of hydrogen-bond acceptors (Lipinski definition) is 2. The van der Waals surface area contributed by atoms with E-state index in [1.807, 2.05) is 0 Å². The molecule has 2 nitrogen and oxygen atoms in total. The van der Waals surface area contributed by atoms with E-state index >= 15 is 0 Å². The van der Waals surface area contributed by atoms with Crippen LogP contribution in [0.4, 0.5) is 0 Å². The molecule has 0 aromatic heterocycles. The van der Waals surface area contributed by atoms with E-state index in [0.717, 1.165) is 5.92 Å². The highest BCUT2D eigenvalue weighted by molar-refractivity contribution is 4.73. The molecular formula is C25H52N2. The van der Waals surface area contributed by atoms with Gasteiger partial charge < -0.3 is 9.80 Å². The van der Waals surface area contributed by atoms with Crippen molar-refractivity contribution in [1.82, 2.24) is 9.80 Å². The predicted molar refractivity (Wildman–Crippen MR) is 123 cm³/mol. The number of unbranched alkanes of at least 4 members (excludes halogenated alkanes) is 12. The van der Waals surface area contributed by atoms with E-state index in [-0.39, 0.29) is 0 Å². The summed E-state index contributed by atoms with van der Waals surface area (Å²) in [5.41, 5.74) is 0. The van der Waals surface area contributed by atoms with E-state index in [1.165, 1.54) is 135 Å². The monoisotopic (exact) mass is 380 g/mol. The van der Waals surface area contributed by atoms with Crippen LogP contribution < -0.4 is 0 Å². The number of likely N-dealkylation sites (N-methyl/N-ethyl adjacent to an activating group) is 1. The molecule has 0 amide bonds. The Balaban J connectivity index is 2.17. The van der Waals surface area contributed by atoms with Crippen LogP contribution in [0, 0.1) is 5.92 Å². The lowest BCUT2D eigenvalue weighted by atomic mass is 9.93. The first kappa shape index (κ1) is 25.0. The third-order valence-electron chi connectivity index (χ3n) is 6.54. The highest BCUT2D eigenvalue weighted by Crippen LogP contribution is 2.21. The minimum atomic E-state index is 0.958. The lowest BCUT2D eigenvalue weighted by molar-refractivity contribution is 0.130. The molecule has 0 aromatic carbocycles. The molecular weight excluding hydrogens is 328 g/mol. The Morgan fingerprint density at radius 1 is 0.556 bits per heavy atom. The van der Waals surface area contributed by atoms with Crippen LogP contribution in [-0.4, -0.2) is 49.6 Å². The van der Waals surface area contributed by atoms with Gasteiger partial charge in [-0.25, -0.2) is 0 Å². The zero-order chi connectivity index (χ0) is 19.6. The fourth-order valence-electron chi connectivity index (χ4n) is 4.50. The Hall–Kier alpha value is -0.0800. The fourth-order valence-corrected chi connectivity index (χ4v) is 4.50. The largest absolute Gasteiger partial charge is 0.304 e. The molecule has 1 saturated heterocycles. The zero-order valence-corrected chi connectivity index (χ0v) is 19.3. The van der Waals surface area contributed by atoms with Crippen molar-refractivity contribution in [2.24, 2.45) is 5.92 Å². The Morgan fingerprint density at radius 3 is 1.41 bits per heavy atom. The molecule has 0 aliphatic carbocycles. The van der Waals surface area contributed by atoms with Crippen LogP contribution in [-0.2, 0) is 0 Å². The van der Waals surface area contributed by atoms with Crippen LogP contribution in [0.5, 0.6) is 0 Å². The summed E-state index contributed by atoms with van der Waals surface area (Å²) >= 11 is 0. The summed E-state index contributed by atoms with van der Waals surface area (Å²) in [4.78, 5) is 5.24. The van der Waals surface area contributed by atoms with Crippen molar-refractivity contribution >= 4 is 0 Å². The summed E-state index contributed by atoms with van der Waals surface area (Å²) < 4.78 is 0. The number of piperazine rings is 1. The van der Waals surface area contributed by atoms with Crippen molar-refractivity contribution in [3.63, 3.8) is 0 Å². The van der Waals surface area contributed by atoms with Gasteiger partial charge in [-0.2, -0.15) is 0 Å². The van der Waals surface area contributed by atoms with Crippen molar-refractivity contribution < 1.29 is 0 Å². The molecule has 1 atom stereocenters. The second-order valence-corrected chi connectivity index (χ2v) is 9.29. The summed E-state index contributed by atoms with van der Waals surface area (Å²) in [5, 5.41) is 0. The second kappa shape index (κ2) is 18.0. The van der Waals surface area contributed by atoms with Gasteiger partial charge in [0.2, 0.25) is 0 Å². The van der Waals surface area contributed by atoms with Crippen molar-refractivity contribution in [2.75, 3.05) is 39.8 Å². The summed E-state index contributed by atoms with van der Waals surface area (Å²) in [6, 6.07) is 0. The van der Waals surface area contributed by atoms with Crippen LogP contribution in [0.25, 0.3) is 0 Å². The van der Waals surface area contributed by atoms with Gasteiger partial charge in [-0.15, -0.1) is 0 Å². The van der Waals surface area contributed by atoms with Gasteiger partial charge in [-0.3, -0.25) is 0 Å². The molecule has 1 fully saturated rings. The average molecular weight is 381 g/mol. The smallest absolute Gasteiger partial charge is 0.0110 e. The first-order valence-electron chi connectivity index (χ1n) is 12.7. The van der Waals surface area contributed by atoms with Gasteiger partial charge in [0.1, 0.15) is 0 Å². The SMILES string of the molecule is CCCCCCCCCCC(CCCCCCCC)CN1CCN(C)CC1. The molecule has 0 spiro atoms. The molecule has 1 heterocycles. The maximum absolute atomic E-state index is 2.76. The van der Waals surface area contributed by atoms with Crippen molar-refractivity contribution in [2.45, 2.75) is 117 Å². The zero-order valence-electron chi connectivity index (χ0n) is 19.3. The van der Waals surface area contributed by atoms with E-state index in [4.69, 9.17) is 0 Å². The molecule has 0 saturated carbocycles.